The summed E-state index contributed by atoms with van der Waals surface area (Å²) in [7, 11) is 0. The fourth-order valence-corrected chi connectivity index (χ4v) is 1.86. The molecule has 0 saturated carbocycles. The molecule has 1 saturated heterocycles. The van der Waals surface area contributed by atoms with E-state index in [1.54, 1.807) is 0 Å². The van der Waals surface area contributed by atoms with Crippen LogP contribution in [0.25, 0.3) is 0 Å². The van der Waals surface area contributed by atoms with Crippen LogP contribution in [-0.4, -0.2) is 25.7 Å². The van der Waals surface area contributed by atoms with Gasteiger partial charge in [0.25, 0.3) is 0 Å². The lowest BCUT2D eigenvalue weighted by Crippen LogP contribution is -2.49. The molecule has 1 aliphatic rings. The molecule has 1 atom stereocenters. The van der Waals surface area contributed by atoms with Gasteiger partial charge in [0.15, 0.2) is 0 Å². The number of halogens is 1. The van der Waals surface area contributed by atoms with E-state index in [1.165, 1.54) is 12.1 Å². The van der Waals surface area contributed by atoms with Gasteiger partial charge in [-0.25, -0.2) is 4.39 Å². The Bertz CT molecular complexity index is 297. The average Bonchev–Trinajstić information content (AvgIpc) is 2.20. The van der Waals surface area contributed by atoms with Crippen molar-refractivity contribution in [2.45, 2.75) is 13.0 Å². The fourth-order valence-electron chi connectivity index (χ4n) is 1.86. The summed E-state index contributed by atoms with van der Waals surface area (Å²) in [6.07, 6.45) is 0. The Balaban J connectivity index is 2.16. The fraction of sp³-hybridized carbons (Fsp3) is 0.455. The molecule has 1 N–H and O–H groups in total. The van der Waals surface area contributed by atoms with Crippen molar-refractivity contribution in [2.75, 3.05) is 24.5 Å². The maximum absolute atomic E-state index is 12.7. The van der Waals surface area contributed by atoms with Gasteiger partial charge in [0, 0.05) is 31.4 Å². The van der Waals surface area contributed by atoms with Gasteiger partial charge in [-0.05, 0) is 31.2 Å². The molecule has 0 spiro atoms. The van der Waals surface area contributed by atoms with Crippen molar-refractivity contribution in [1.29, 1.82) is 0 Å². The Morgan fingerprint density at radius 3 is 2.71 bits per heavy atom. The van der Waals surface area contributed by atoms with Gasteiger partial charge in [-0.3, -0.25) is 0 Å². The standard InChI is InChI=1S/C11H15FN2/c1-9-8-13-6-7-14(9)11-4-2-10(12)3-5-11/h2-5,9,13H,6-8H2,1H3/t9-/m0/s1. The number of piperazine rings is 1. The van der Waals surface area contributed by atoms with Crippen molar-refractivity contribution in [1.82, 2.24) is 5.32 Å². The van der Waals surface area contributed by atoms with Gasteiger partial charge in [0.05, 0.1) is 0 Å². The van der Waals surface area contributed by atoms with Crippen molar-refractivity contribution in [2.24, 2.45) is 0 Å². The highest BCUT2D eigenvalue weighted by Crippen LogP contribution is 2.18. The topological polar surface area (TPSA) is 15.3 Å². The lowest BCUT2D eigenvalue weighted by molar-refractivity contribution is 0.500. The van der Waals surface area contributed by atoms with Crippen molar-refractivity contribution >= 4 is 5.69 Å². The number of anilines is 1. The van der Waals surface area contributed by atoms with Crippen molar-refractivity contribution in [3.8, 4) is 0 Å². The summed E-state index contributed by atoms with van der Waals surface area (Å²) >= 11 is 0. The molecule has 2 rings (SSSR count). The highest BCUT2D eigenvalue weighted by Gasteiger charge is 2.17. The first kappa shape index (κ1) is 9.46. The molecule has 0 amide bonds. The average molecular weight is 194 g/mol. The molecule has 1 fully saturated rings. The predicted octanol–water partition coefficient (Wildman–Crippen LogP) is 1.62. The van der Waals surface area contributed by atoms with E-state index in [4.69, 9.17) is 0 Å². The normalized spacial score (nSPS) is 22.4. The van der Waals surface area contributed by atoms with E-state index in [0.29, 0.717) is 6.04 Å². The lowest BCUT2D eigenvalue weighted by atomic mass is 10.2. The first-order valence-electron chi connectivity index (χ1n) is 5.00. The first-order valence-corrected chi connectivity index (χ1v) is 5.00. The molecule has 2 nitrogen and oxygen atoms in total. The summed E-state index contributed by atoms with van der Waals surface area (Å²) in [5.74, 6) is -0.170. The van der Waals surface area contributed by atoms with Crippen LogP contribution in [0.3, 0.4) is 0 Å². The van der Waals surface area contributed by atoms with Crippen LogP contribution < -0.4 is 10.2 Å². The number of benzene rings is 1. The molecule has 1 aromatic rings. The van der Waals surface area contributed by atoms with E-state index in [-0.39, 0.29) is 5.82 Å². The summed E-state index contributed by atoms with van der Waals surface area (Å²) < 4.78 is 12.7. The smallest absolute Gasteiger partial charge is 0.123 e. The number of nitrogens with zero attached hydrogens (tertiary/aromatic N) is 1. The Hall–Kier alpha value is -1.09. The second-order valence-electron chi connectivity index (χ2n) is 3.72. The zero-order chi connectivity index (χ0) is 9.97. The second kappa shape index (κ2) is 3.96. The van der Waals surface area contributed by atoms with Crippen molar-refractivity contribution < 1.29 is 4.39 Å². The summed E-state index contributed by atoms with van der Waals surface area (Å²) in [5.41, 5.74) is 1.11. The second-order valence-corrected chi connectivity index (χ2v) is 3.72. The molecular weight excluding hydrogens is 179 g/mol. The minimum atomic E-state index is -0.170. The summed E-state index contributed by atoms with van der Waals surface area (Å²) in [5, 5.41) is 3.33. The van der Waals surface area contributed by atoms with E-state index < -0.39 is 0 Å². The lowest BCUT2D eigenvalue weighted by Gasteiger charge is -2.35. The minimum Gasteiger partial charge on any atom is -0.366 e. The molecule has 0 bridgehead atoms. The van der Waals surface area contributed by atoms with E-state index in [0.717, 1.165) is 25.3 Å². The van der Waals surface area contributed by atoms with E-state index in [9.17, 15) is 4.39 Å². The van der Waals surface area contributed by atoms with Crippen LogP contribution >= 0.6 is 0 Å². The van der Waals surface area contributed by atoms with Gasteiger partial charge in [0.1, 0.15) is 5.82 Å². The Kier molecular flexibility index (Phi) is 2.68. The van der Waals surface area contributed by atoms with Crippen LogP contribution in [0.15, 0.2) is 24.3 Å². The monoisotopic (exact) mass is 194 g/mol. The van der Waals surface area contributed by atoms with Crippen LogP contribution in [0.4, 0.5) is 10.1 Å². The highest BCUT2D eigenvalue weighted by atomic mass is 19.1. The number of rotatable bonds is 1. The molecule has 0 aromatic heterocycles. The van der Waals surface area contributed by atoms with Gasteiger partial charge < -0.3 is 10.2 Å². The number of hydrogen-bond donors (Lipinski definition) is 1. The third kappa shape index (κ3) is 1.87. The van der Waals surface area contributed by atoms with Crippen molar-refractivity contribution in [3.63, 3.8) is 0 Å². The number of hydrogen-bond acceptors (Lipinski definition) is 2. The van der Waals surface area contributed by atoms with Gasteiger partial charge in [-0.15, -0.1) is 0 Å². The first-order chi connectivity index (χ1) is 6.77. The third-order valence-corrected chi connectivity index (χ3v) is 2.66. The van der Waals surface area contributed by atoms with E-state index in [2.05, 4.69) is 17.1 Å². The highest BCUT2D eigenvalue weighted by molar-refractivity contribution is 5.47. The van der Waals surface area contributed by atoms with Crippen LogP contribution in [0.5, 0.6) is 0 Å². The Morgan fingerprint density at radius 1 is 1.36 bits per heavy atom. The molecule has 0 unspecified atom stereocenters. The predicted molar refractivity (Wildman–Crippen MR) is 56.1 cm³/mol. The molecule has 14 heavy (non-hydrogen) atoms. The zero-order valence-corrected chi connectivity index (χ0v) is 8.33. The van der Waals surface area contributed by atoms with Gasteiger partial charge in [0.2, 0.25) is 0 Å². The molecular formula is C11H15FN2. The van der Waals surface area contributed by atoms with Gasteiger partial charge in [-0.1, -0.05) is 0 Å². The van der Waals surface area contributed by atoms with Crippen molar-refractivity contribution in [3.05, 3.63) is 30.1 Å². The summed E-state index contributed by atoms with van der Waals surface area (Å²) in [4.78, 5) is 2.30. The van der Waals surface area contributed by atoms with Crippen LogP contribution in [0.1, 0.15) is 6.92 Å². The Labute approximate surface area is 83.7 Å². The molecule has 1 heterocycles. The molecule has 76 valence electrons. The Morgan fingerprint density at radius 2 is 2.07 bits per heavy atom. The maximum Gasteiger partial charge on any atom is 0.123 e. The number of nitrogens with one attached hydrogen (secondary N) is 1. The van der Waals surface area contributed by atoms with Crippen LogP contribution in [-0.2, 0) is 0 Å². The molecule has 0 radical (unpaired) electrons. The van der Waals surface area contributed by atoms with Gasteiger partial charge >= 0.3 is 0 Å². The van der Waals surface area contributed by atoms with Gasteiger partial charge in [-0.2, -0.15) is 0 Å². The van der Waals surface area contributed by atoms with Crippen LogP contribution in [0.2, 0.25) is 0 Å². The molecule has 1 aliphatic heterocycles. The quantitative estimate of drug-likeness (QED) is 0.731. The summed E-state index contributed by atoms with van der Waals surface area (Å²) in [6, 6.07) is 7.21. The van der Waals surface area contributed by atoms with E-state index >= 15 is 0 Å². The molecule has 3 heteroatoms. The minimum absolute atomic E-state index is 0.170. The molecule has 1 aromatic carbocycles. The SMILES string of the molecule is C[C@H]1CNCCN1c1ccc(F)cc1. The van der Waals surface area contributed by atoms with E-state index in [1.807, 2.05) is 12.1 Å². The molecule has 0 aliphatic carbocycles. The largest absolute Gasteiger partial charge is 0.366 e. The maximum atomic E-state index is 12.7. The third-order valence-electron chi connectivity index (χ3n) is 2.66. The summed E-state index contributed by atoms with van der Waals surface area (Å²) in [6.45, 7) is 5.17. The van der Waals surface area contributed by atoms with Crippen LogP contribution in [0, 0.1) is 5.82 Å². The zero-order valence-electron chi connectivity index (χ0n) is 8.33.